The summed E-state index contributed by atoms with van der Waals surface area (Å²) in [7, 11) is 1.63. The Morgan fingerprint density at radius 2 is 1.85 bits per heavy atom. The Balaban J connectivity index is 1.18. The highest BCUT2D eigenvalue weighted by atomic mass is 16.5. The maximum Gasteiger partial charge on any atom is 0.254 e. The Labute approximate surface area is 266 Å². The number of carbonyl (C=O) groups excluding carboxylic acids is 2. The Hall–Kier alpha value is -4.77. The molecule has 3 fully saturated rings. The lowest BCUT2D eigenvalue weighted by atomic mass is 9.97. The molecule has 5 aromatic rings. The van der Waals surface area contributed by atoms with E-state index < -0.39 is 0 Å². The Morgan fingerprint density at radius 3 is 2.54 bits per heavy atom. The third-order valence-corrected chi connectivity index (χ3v) is 10.1. The molecule has 5 aromatic heterocycles. The van der Waals surface area contributed by atoms with Gasteiger partial charge < -0.3 is 25.3 Å². The van der Waals surface area contributed by atoms with Gasteiger partial charge in [-0.05, 0) is 88.3 Å². The Kier molecular flexibility index (Phi) is 6.82. The molecule has 1 aliphatic carbocycles. The van der Waals surface area contributed by atoms with E-state index in [0.717, 1.165) is 59.6 Å². The van der Waals surface area contributed by atoms with Gasteiger partial charge in [-0.25, -0.2) is 9.97 Å². The van der Waals surface area contributed by atoms with Crippen molar-refractivity contribution in [1.29, 1.82) is 0 Å². The summed E-state index contributed by atoms with van der Waals surface area (Å²) in [5.41, 5.74) is 12.5. The number of hydrogen-bond acceptors (Lipinski definition) is 7. The summed E-state index contributed by atoms with van der Waals surface area (Å²) in [6, 6.07) is 13.3. The molecule has 7 heterocycles. The van der Waals surface area contributed by atoms with Gasteiger partial charge >= 0.3 is 0 Å². The van der Waals surface area contributed by atoms with Crippen molar-refractivity contribution in [3.05, 3.63) is 77.4 Å². The maximum atomic E-state index is 13.8. The van der Waals surface area contributed by atoms with Gasteiger partial charge in [0.1, 0.15) is 17.0 Å². The first-order chi connectivity index (χ1) is 22.3. The summed E-state index contributed by atoms with van der Waals surface area (Å²) in [6.45, 7) is 4.81. The molecule has 2 aliphatic heterocycles. The molecule has 0 aromatic carbocycles. The molecule has 0 unspecified atom stereocenters. The van der Waals surface area contributed by atoms with Crippen LogP contribution in [0.1, 0.15) is 77.2 Å². The molecule has 46 heavy (non-hydrogen) atoms. The number of ether oxygens (including phenoxy) is 1. The second-order valence-corrected chi connectivity index (χ2v) is 13.1. The molecular weight excluding hydrogens is 580 g/mol. The lowest BCUT2D eigenvalue weighted by Gasteiger charge is -2.23. The summed E-state index contributed by atoms with van der Waals surface area (Å²) in [5, 5.41) is 4.07. The minimum Gasteiger partial charge on any atom is -0.482 e. The van der Waals surface area contributed by atoms with E-state index in [1.54, 1.807) is 31.6 Å². The smallest absolute Gasteiger partial charge is 0.254 e. The fourth-order valence-corrected chi connectivity index (χ4v) is 7.47. The van der Waals surface area contributed by atoms with Gasteiger partial charge in [0.05, 0.1) is 30.2 Å². The number of amides is 2. The van der Waals surface area contributed by atoms with Crippen molar-refractivity contribution in [1.82, 2.24) is 34.1 Å². The molecule has 4 atom stereocenters. The molecule has 8 rings (SSSR count). The zero-order valence-electron chi connectivity index (χ0n) is 26.3. The molecule has 0 radical (unpaired) electrons. The number of aromatic nitrogens is 5. The number of hydrogen-bond donors (Lipinski definition) is 2. The van der Waals surface area contributed by atoms with Crippen LogP contribution in [0.3, 0.4) is 0 Å². The van der Waals surface area contributed by atoms with Gasteiger partial charge in [-0.15, -0.1) is 0 Å². The highest BCUT2D eigenvalue weighted by Gasteiger charge is 2.47. The molecule has 3 N–H and O–H groups in total. The van der Waals surface area contributed by atoms with E-state index in [1.165, 1.54) is 12.8 Å². The number of nitrogens with zero attached hydrogens (tertiary/aromatic N) is 6. The van der Waals surface area contributed by atoms with Gasteiger partial charge in [-0.1, -0.05) is 0 Å². The first-order valence-corrected chi connectivity index (χ1v) is 16.2. The number of imidazole rings is 1. The standard InChI is InChI=1S/C35H38N8O3/c1-19(38-34(44)22-10-12-37-13-11-22)27-8-6-23-14-29(41(33(23)39-27)18-21-4-5-21)32-20(2)42-30(40-32)15-24(16-31(42)46-3)35(45)43-25-7-9-28(43)26(36)17-25/h6,8,10-16,19,21,25-26,28H,4-5,7,9,17-18,36H2,1-3H3,(H,38,44)/t19-,25+,26-,28-/m1/s1. The molecule has 0 spiro atoms. The van der Waals surface area contributed by atoms with Gasteiger partial charge in [0.15, 0.2) is 5.88 Å². The highest BCUT2D eigenvalue weighted by molar-refractivity contribution is 5.97. The average Bonchev–Trinajstić information content (AvgIpc) is 3.38. The maximum absolute atomic E-state index is 13.8. The van der Waals surface area contributed by atoms with Crippen molar-refractivity contribution in [3.8, 4) is 17.3 Å². The minimum atomic E-state index is -0.296. The Bertz CT molecular complexity index is 2000. The summed E-state index contributed by atoms with van der Waals surface area (Å²) in [6.07, 6.45) is 8.41. The van der Waals surface area contributed by atoms with Crippen LogP contribution in [0, 0.1) is 12.8 Å². The van der Waals surface area contributed by atoms with Crippen LogP contribution >= 0.6 is 0 Å². The lowest BCUT2D eigenvalue weighted by Crippen LogP contribution is -2.40. The number of rotatable bonds is 8. The van der Waals surface area contributed by atoms with Crippen molar-refractivity contribution in [2.45, 2.75) is 76.7 Å². The third-order valence-electron chi connectivity index (χ3n) is 10.1. The number of methoxy groups -OCH3 is 1. The first-order valence-electron chi connectivity index (χ1n) is 16.2. The second-order valence-electron chi connectivity index (χ2n) is 13.1. The van der Waals surface area contributed by atoms with E-state index in [-0.39, 0.29) is 36.0 Å². The topological polar surface area (TPSA) is 133 Å². The molecule has 11 nitrogen and oxygen atoms in total. The van der Waals surface area contributed by atoms with E-state index in [0.29, 0.717) is 28.6 Å². The van der Waals surface area contributed by atoms with Crippen LogP contribution in [-0.2, 0) is 6.54 Å². The van der Waals surface area contributed by atoms with Crippen molar-refractivity contribution in [3.63, 3.8) is 0 Å². The third kappa shape index (κ3) is 4.72. The summed E-state index contributed by atoms with van der Waals surface area (Å²) < 4.78 is 10.1. The van der Waals surface area contributed by atoms with E-state index >= 15 is 0 Å². The lowest BCUT2D eigenvalue weighted by molar-refractivity contribution is 0.0725. The number of nitrogens with one attached hydrogen (secondary N) is 1. The van der Waals surface area contributed by atoms with Crippen LogP contribution in [0.25, 0.3) is 28.1 Å². The number of fused-ring (bicyclic) bond motifs is 4. The van der Waals surface area contributed by atoms with Crippen LogP contribution in [0.4, 0.5) is 0 Å². The summed E-state index contributed by atoms with van der Waals surface area (Å²) in [4.78, 5) is 42.8. The van der Waals surface area contributed by atoms with Crippen LogP contribution < -0.4 is 15.8 Å². The van der Waals surface area contributed by atoms with Crippen LogP contribution in [0.5, 0.6) is 5.88 Å². The largest absolute Gasteiger partial charge is 0.482 e. The van der Waals surface area contributed by atoms with E-state index in [4.69, 9.17) is 20.4 Å². The van der Waals surface area contributed by atoms with Crippen molar-refractivity contribution in [2.24, 2.45) is 11.7 Å². The van der Waals surface area contributed by atoms with Crippen molar-refractivity contribution >= 4 is 28.5 Å². The molecule has 11 heteroatoms. The van der Waals surface area contributed by atoms with Crippen LogP contribution in [0.2, 0.25) is 0 Å². The minimum absolute atomic E-state index is 0.00632. The average molecular weight is 619 g/mol. The molecule has 3 aliphatic rings. The van der Waals surface area contributed by atoms with E-state index in [2.05, 4.69) is 27.0 Å². The monoisotopic (exact) mass is 618 g/mol. The number of nitrogens with two attached hydrogens (primary N) is 1. The SMILES string of the molecule is COc1cc(C(=O)N2[C@H]3CC[C@@H]2[C@H](N)C3)cc2nc(-c3cc4ccc([C@@H](C)NC(=O)c5ccncc5)nc4n3CC3CC3)c(C)n12. The van der Waals surface area contributed by atoms with Gasteiger partial charge in [0.25, 0.3) is 11.8 Å². The van der Waals surface area contributed by atoms with Crippen molar-refractivity contribution < 1.29 is 14.3 Å². The van der Waals surface area contributed by atoms with E-state index in [9.17, 15) is 9.59 Å². The molecule has 2 saturated heterocycles. The second kappa shape index (κ2) is 10.9. The normalized spacial score (nSPS) is 21.3. The van der Waals surface area contributed by atoms with Crippen molar-refractivity contribution in [2.75, 3.05) is 7.11 Å². The molecule has 2 amide bonds. The molecule has 1 saturated carbocycles. The molecular formula is C35H38N8O3. The molecule has 2 bridgehead atoms. The van der Waals surface area contributed by atoms with Crippen LogP contribution in [0.15, 0.2) is 54.9 Å². The summed E-state index contributed by atoms with van der Waals surface area (Å²) in [5.74, 6) is 0.977. The predicted octanol–water partition coefficient (Wildman–Crippen LogP) is 4.67. The van der Waals surface area contributed by atoms with Gasteiger partial charge in [0.2, 0.25) is 0 Å². The zero-order chi connectivity index (χ0) is 31.7. The van der Waals surface area contributed by atoms with Gasteiger partial charge in [0, 0.05) is 59.6 Å². The highest BCUT2D eigenvalue weighted by Crippen LogP contribution is 2.40. The fourth-order valence-electron chi connectivity index (χ4n) is 7.47. The number of carbonyl (C=O) groups is 2. The zero-order valence-corrected chi connectivity index (χ0v) is 26.3. The van der Waals surface area contributed by atoms with Gasteiger partial charge in [-0.2, -0.15) is 0 Å². The summed E-state index contributed by atoms with van der Waals surface area (Å²) >= 11 is 0. The quantitative estimate of drug-likeness (QED) is 0.258. The fraction of sp³-hybridized carbons (Fsp3) is 0.400. The predicted molar refractivity (Wildman–Crippen MR) is 174 cm³/mol. The van der Waals surface area contributed by atoms with E-state index in [1.807, 2.05) is 41.3 Å². The number of aryl methyl sites for hydroxylation is 1. The van der Waals surface area contributed by atoms with Crippen LogP contribution in [-0.4, -0.2) is 65.9 Å². The Morgan fingerprint density at radius 1 is 1.04 bits per heavy atom. The molecule has 236 valence electrons. The number of pyridine rings is 3. The van der Waals surface area contributed by atoms with Gasteiger partial charge in [-0.3, -0.25) is 19.0 Å². The first kappa shape index (κ1) is 28.7.